The molecule has 0 radical (unpaired) electrons. The summed E-state index contributed by atoms with van der Waals surface area (Å²) in [6, 6.07) is 7.83. The van der Waals surface area contributed by atoms with Gasteiger partial charge in [0, 0.05) is 14.9 Å². The Morgan fingerprint density at radius 2 is 1.75 bits per heavy atom. The number of aryl methyl sites for hydroxylation is 1. The minimum Gasteiger partial charge on any atom is -0.306 e. The molecule has 0 fully saturated rings. The molecule has 0 spiro atoms. The Morgan fingerprint density at radius 1 is 1.10 bits per heavy atom. The molecular weight excluding hydrogens is 333 g/mol. The molecule has 1 N–H and O–H groups in total. The average Bonchev–Trinajstić information content (AvgIpc) is 2.69. The molecule has 20 heavy (non-hydrogen) atoms. The lowest BCUT2D eigenvalue weighted by molar-refractivity contribution is 0.606. The lowest BCUT2D eigenvalue weighted by Crippen LogP contribution is -2.22. The van der Waals surface area contributed by atoms with Crippen LogP contribution in [-0.2, 0) is 0 Å². The van der Waals surface area contributed by atoms with Gasteiger partial charge in [-0.2, -0.15) is 0 Å². The smallest absolute Gasteiger partial charge is 0.0961 e. The number of halogens is 3. The lowest BCUT2D eigenvalue weighted by atomic mass is 10.0. The van der Waals surface area contributed by atoms with Gasteiger partial charge < -0.3 is 5.32 Å². The number of rotatable bonds is 5. The van der Waals surface area contributed by atoms with Crippen LogP contribution in [-0.4, -0.2) is 6.54 Å². The van der Waals surface area contributed by atoms with Crippen LogP contribution in [0.25, 0.3) is 0 Å². The first kappa shape index (κ1) is 16.1. The molecule has 0 aliphatic rings. The summed E-state index contributed by atoms with van der Waals surface area (Å²) in [7, 11) is 0. The van der Waals surface area contributed by atoms with Crippen LogP contribution in [0.2, 0.25) is 14.4 Å². The van der Waals surface area contributed by atoms with E-state index in [1.807, 2.05) is 19.1 Å². The highest BCUT2D eigenvalue weighted by Crippen LogP contribution is 2.35. The molecule has 1 nitrogen and oxygen atoms in total. The maximum absolute atomic E-state index is 6.20. The molecule has 0 amide bonds. The SMILES string of the molecule is CCCNC(c1cc(Cl)cc(Cl)c1)c1cc(C)c(Cl)s1. The average molecular weight is 349 g/mol. The van der Waals surface area contributed by atoms with Crippen molar-refractivity contribution in [2.24, 2.45) is 0 Å². The number of nitrogens with one attached hydrogen (secondary N) is 1. The third-order valence-corrected chi connectivity index (χ3v) is 5.03. The number of hydrogen-bond donors (Lipinski definition) is 1. The predicted molar refractivity (Wildman–Crippen MR) is 90.7 cm³/mol. The summed E-state index contributed by atoms with van der Waals surface area (Å²) in [4.78, 5) is 1.18. The quantitative estimate of drug-likeness (QED) is 0.687. The molecule has 2 rings (SSSR count). The first-order chi connectivity index (χ1) is 9.51. The predicted octanol–water partition coefficient (Wildman–Crippen LogP) is 6.11. The topological polar surface area (TPSA) is 12.0 Å². The number of hydrogen-bond acceptors (Lipinski definition) is 2. The van der Waals surface area contributed by atoms with E-state index < -0.39 is 0 Å². The molecule has 0 saturated carbocycles. The summed E-state index contributed by atoms with van der Waals surface area (Å²) in [5, 5.41) is 4.83. The largest absolute Gasteiger partial charge is 0.306 e. The Balaban J connectivity index is 2.40. The molecule has 0 saturated heterocycles. The first-order valence-electron chi connectivity index (χ1n) is 6.46. The molecule has 108 valence electrons. The van der Waals surface area contributed by atoms with Gasteiger partial charge in [-0.15, -0.1) is 11.3 Å². The van der Waals surface area contributed by atoms with Gasteiger partial charge in [0.15, 0.2) is 0 Å². The van der Waals surface area contributed by atoms with Crippen molar-refractivity contribution in [3.05, 3.63) is 54.7 Å². The van der Waals surface area contributed by atoms with E-state index in [0.29, 0.717) is 10.0 Å². The van der Waals surface area contributed by atoms with Crippen molar-refractivity contribution in [2.45, 2.75) is 26.3 Å². The fourth-order valence-electron chi connectivity index (χ4n) is 2.04. The first-order valence-corrected chi connectivity index (χ1v) is 8.41. The highest BCUT2D eigenvalue weighted by atomic mass is 35.5. The van der Waals surface area contributed by atoms with E-state index in [0.717, 1.165) is 28.4 Å². The molecule has 5 heteroatoms. The van der Waals surface area contributed by atoms with Gasteiger partial charge >= 0.3 is 0 Å². The third-order valence-electron chi connectivity index (χ3n) is 2.98. The summed E-state index contributed by atoms with van der Waals surface area (Å²) in [5.74, 6) is 0. The van der Waals surface area contributed by atoms with Crippen molar-refractivity contribution >= 4 is 46.1 Å². The van der Waals surface area contributed by atoms with Crippen molar-refractivity contribution in [1.82, 2.24) is 5.32 Å². The number of benzene rings is 1. The summed E-state index contributed by atoms with van der Waals surface area (Å²) < 4.78 is 0.830. The van der Waals surface area contributed by atoms with E-state index in [-0.39, 0.29) is 6.04 Å². The Morgan fingerprint density at radius 3 is 2.25 bits per heavy atom. The van der Waals surface area contributed by atoms with Crippen LogP contribution < -0.4 is 5.32 Å². The highest BCUT2D eigenvalue weighted by Gasteiger charge is 2.18. The molecule has 1 aromatic carbocycles. The maximum Gasteiger partial charge on any atom is 0.0961 e. The standard InChI is InChI=1S/C15H16Cl3NS/c1-3-4-19-14(13-5-9(2)15(18)20-13)10-6-11(16)8-12(17)7-10/h5-8,14,19H,3-4H2,1-2H3. The van der Waals surface area contributed by atoms with Crippen molar-refractivity contribution in [1.29, 1.82) is 0 Å². The van der Waals surface area contributed by atoms with Gasteiger partial charge in [0.1, 0.15) is 0 Å². The van der Waals surface area contributed by atoms with E-state index in [4.69, 9.17) is 34.8 Å². The van der Waals surface area contributed by atoms with Crippen LogP contribution in [0.5, 0.6) is 0 Å². The molecule has 1 atom stereocenters. The third kappa shape index (κ3) is 3.90. The minimum atomic E-state index is 0.0716. The fourth-order valence-corrected chi connectivity index (χ4v) is 3.90. The van der Waals surface area contributed by atoms with Gasteiger partial charge in [0.25, 0.3) is 0 Å². The van der Waals surface area contributed by atoms with Gasteiger partial charge in [-0.25, -0.2) is 0 Å². The fraction of sp³-hybridized carbons (Fsp3) is 0.333. The second-order valence-corrected chi connectivity index (χ2v) is 7.25. The van der Waals surface area contributed by atoms with E-state index in [1.54, 1.807) is 17.4 Å². The van der Waals surface area contributed by atoms with E-state index in [1.165, 1.54) is 4.88 Å². The zero-order valence-corrected chi connectivity index (χ0v) is 14.4. The normalized spacial score (nSPS) is 12.7. The van der Waals surface area contributed by atoms with Crippen LogP contribution >= 0.6 is 46.1 Å². The van der Waals surface area contributed by atoms with Crippen LogP contribution in [0.3, 0.4) is 0 Å². The highest BCUT2D eigenvalue weighted by molar-refractivity contribution is 7.16. The summed E-state index contributed by atoms with van der Waals surface area (Å²) >= 11 is 20.0. The Hall–Kier alpha value is -0.250. The van der Waals surface area contributed by atoms with E-state index in [2.05, 4.69) is 18.3 Å². The van der Waals surface area contributed by atoms with Crippen LogP contribution in [0, 0.1) is 6.92 Å². The monoisotopic (exact) mass is 347 g/mol. The van der Waals surface area contributed by atoms with Crippen LogP contribution in [0.4, 0.5) is 0 Å². The molecule has 2 aromatic rings. The molecule has 1 unspecified atom stereocenters. The van der Waals surface area contributed by atoms with Crippen molar-refractivity contribution < 1.29 is 0 Å². The van der Waals surface area contributed by atoms with Crippen LogP contribution in [0.15, 0.2) is 24.3 Å². The van der Waals surface area contributed by atoms with Gasteiger partial charge in [0.05, 0.1) is 10.4 Å². The minimum absolute atomic E-state index is 0.0716. The van der Waals surface area contributed by atoms with Gasteiger partial charge in [0.2, 0.25) is 0 Å². The maximum atomic E-state index is 6.20. The van der Waals surface area contributed by atoms with Gasteiger partial charge in [-0.3, -0.25) is 0 Å². The van der Waals surface area contributed by atoms with E-state index in [9.17, 15) is 0 Å². The Bertz CT molecular complexity index is 555. The summed E-state index contributed by atoms with van der Waals surface area (Å²) in [6.45, 7) is 5.08. The second-order valence-electron chi connectivity index (χ2n) is 4.70. The van der Waals surface area contributed by atoms with Gasteiger partial charge in [-0.05, 0) is 55.3 Å². The molecule has 1 aromatic heterocycles. The van der Waals surface area contributed by atoms with Crippen molar-refractivity contribution in [3.63, 3.8) is 0 Å². The Labute approximate surface area is 138 Å². The Kier molecular flexibility index (Phi) is 5.76. The lowest BCUT2D eigenvalue weighted by Gasteiger charge is -2.18. The number of thiophene rings is 1. The summed E-state index contributed by atoms with van der Waals surface area (Å²) in [6.07, 6.45) is 1.06. The zero-order chi connectivity index (χ0) is 14.7. The van der Waals surface area contributed by atoms with Crippen molar-refractivity contribution in [3.8, 4) is 0 Å². The van der Waals surface area contributed by atoms with Crippen molar-refractivity contribution in [2.75, 3.05) is 6.54 Å². The second kappa shape index (κ2) is 7.15. The molecular formula is C15H16Cl3NS. The molecule has 0 aliphatic carbocycles. The molecule has 1 heterocycles. The summed E-state index contributed by atoms with van der Waals surface area (Å²) in [5.41, 5.74) is 2.16. The van der Waals surface area contributed by atoms with E-state index >= 15 is 0 Å². The van der Waals surface area contributed by atoms with Gasteiger partial charge in [-0.1, -0.05) is 41.7 Å². The zero-order valence-electron chi connectivity index (χ0n) is 11.3. The molecule has 0 aliphatic heterocycles. The van der Waals surface area contributed by atoms with Crippen LogP contribution in [0.1, 0.15) is 35.4 Å². The molecule has 0 bridgehead atoms.